The van der Waals surface area contributed by atoms with E-state index in [9.17, 15) is 4.79 Å². The molecule has 0 saturated carbocycles. The van der Waals surface area contributed by atoms with Gasteiger partial charge in [-0.2, -0.15) is 0 Å². The van der Waals surface area contributed by atoms with Crippen molar-refractivity contribution >= 4 is 5.97 Å². The van der Waals surface area contributed by atoms with E-state index in [2.05, 4.69) is 0 Å². The second-order valence-electron chi connectivity index (χ2n) is 3.33. The molecule has 0 fully saturated rings. The molecule has 1 rings (SSSR count). The van der Waals surface area contributed by atoms with E-state index in [1.54, 1.807) is 13.0 Å². The van der Waals surface area contributed by atoms with E-state index in [4.69, 9.17) is 14.6 Å². The standard InChI is InChI=1S/C10H14O4/c1-7(11)2-3-8-4-5-14-9(8)6-10(12)13/h4-5,7,11H,2-3,6H2,1H3,(H,12,13). The lowest BCUT2D eigenvalue weighted by atomic mass is 10.1. The molecule has 2 N–H and O–H groups in total. The molecule has 0 aromatic carbocycles. The van der Waals surface area contributed by atoms with Gasteiger partial charge < -0.3 is 14.6 Å². The van der Waals surface area contributed by atoms with Crippen molar-refractivity contribution in [3.05, 3.63) is 23.7 Å². The number of aliphatic carboxylic acids is 1. The summed E-state index contributed by atoms with van der Waals surface area (Å²) in [6.07, 6.45) is 2.28. The van der Waals surface area contributed by atoms with Gasteiger partial charge in [-0.25, -0.2) is 0 Å². The normalized spacial score (nSPS) is 12.7. The summed E-state index contributed by atoms with van der Waals surface area (Å²) in [6, 6.07) is 1.75. The molecule has 14 heavy (non-hydrogen) atoms. The van der Waals surface area contributed by atoms with E-state index >= 15 is 0 Å². The fraction of sp³-hybridized carbons (Fsp3) is 0.500. The lowest BCUT2D eigenvalue weighted by molar-refractivity contribution is -0.136. The van der Waals surface area contributed by atoms with Crippen LogP contribution in [0, 0.1) is 0 Å². The lowest BCUT2D eigenvalue weighted by Gasteiger charge is -2.03. The number of carboxylic acid groups (broad SMARTS) is 1. The van der Waals surface area contributed by atoms with E-state index in [0.717, 1.165) is 5.56 Å². The lowest BCUT2D eigenvalue weighted by Crippen LogP contribution is -2.05. The number of carboxylic acids is 1. The molecule has 1 aromatic rings. The summed E-state index contributed by atoms with van der Waals surface area (Å²) in [5.41, 5.74) is 0.869. The smallest absolute Gasteiger partial charge is 0.311 e. The average molecular weight is 198 g/mol. The molecule has 1 heterocycles. The molecular weight excluding hydrogens is 184 g/mol. The summed E-state index contributed by atoms with van der Waals surface area (Å²) in [5.74, 6) is -0.420. The Labute approximate surface area is 82.2 Å². The second kappa shape index (κ2) is 4.81. The molecule has 0 radical (unpaired) electrons. The largest absolute Gasteiger partial charge is 0.481 e. The minimum atomic E-state index is -0.904. The SMILES string of the molecule is CC(O)CCc1ccoc1CC(=O)O. The predicted molar refractivity (Wildman–Crippen MR) is 50.0 cm³/mol. The van der Waals surface area contributed by atoms with Gasteiger partial charge in [0.25, 0.3) is 0 Å². The van der Waals surface area contributed by atoms with E-state index in [-0.39, 0.29) is 12.5 Å². The molecule has 0 aliphatic heterocycles. The second-order valence-corrected chi connectivity index (χ2v) is 3.33. The van der Waals surface area contributed by atoms with Crippen molar-refractivity contribution in [3.8, 4) is 0 Å². The van der Waals surface area contributed by atoms with Crippen LogP contribution in [0.15, 0.2) is 16.7 Å². The van der Waals surface area contributed by atoms with Crippen molar-refractivity contribution in [2.24, 2.45) is 0 Å². The highest BCUT2D eigenvalue weighted by atomic mass is 16.4. The highest BCUT2D eigenvalue weighted by molar-refractivity contribution is 5.69. The molecule has 0 bridgehead atoms. The van der Waals surface area contributed by atoms with Crippen molar-refractivity contribution in [2.45, 2.75) is 32.3 Å². The number of furan rings is 1. The maximum absolute atomic E-state index is 10.4. The first-order chi connectivity index (χ1) is 6.59. The Morgan fingerprint density at radius 2 is 2.36 bits per heavy atom. The number of aliphatic hydroxyl groups is 1. The van der Waals surface area contributed by atoms with Crippen molar-refractivity contribution in [1.29, 1.82) is 0 Å². The van der Waals surface area contributed by atoms with Crippen LogP contribution < -0.4 is 0 Å². The molecule has 1 unspecified atom stereocenters. The molecule has 0 amide bonds. The molecule has 1 atom stereocenters. The number of hydrogen-bond donors (Lipinski definition) is 2. The zero-order valence-corrected chi connectivity index (χ0v) is 8.06. The van der Waals surface area contributed by atoms with Crippen LogP contribution in [0.2, 0.25) is 0 Å². The van der Waals surface area contributed by atoms with Crippen molar-refractivity contribution in [2.75, 3.05) is 0 Å². The predicted octanol–water partition coefficient (Wildman–Crippen LogP) is 1.22. The minimum Gasteiger partial charge on any atom is -0.481 e. The summed E-state index contributed by atoms with van der Waals surface area (Å²) >= 11 is 0. The third-order valence-corrected chi connectivity index (χ3v) is 1.98. The summed E-state index contributed by atoms with van der Waals surface area (Å²) < 4.78 is 5.05. The number of hydrogen-bond acceptors (Lipinski definition) is 3. The zero-order valence-electron chi connectivity index (χ0n) is 8.06. The van der Waals surface area contributed by atoms with Gasteiger partial charge in [0, 0.05) is 0 Å². The quantitative estimate of drug-likeness (QED) is 0.746. The Morgan fingerprint density at radius 3 is 2.93 bits per heavy atom. The van der Waals surface area contributed by atoms with E-state index in [0.29, 0.717) is 18.6 Å². The van der Waals surface area contributed by atoms with Crippen molar-refractivity contribution in [3.63, 3.8) is 0 Å². The zero-order chi connectivity index (χ0) is 10.6. The highest BCUT2D eigenvalue weighted by Crippen LogP contribution is 2.14. The molecule has 0 aliphatic rings. The van der Waals surface area contributed by atoms with Gasteiger partial charge in [-0.05, 0) is 31.4 Å². The third kappa shape index (κ3) is 3.22. The van der Waals surface area contributed by atoms with Gasteiger partial charge in [-0.3, -0.25) is 4.79 Å². The molecule has 4 heteroatoms. The summed E-state index contributed by atoms with van der Waals surface area (Å²) in [4.78, 5) is 10.4. The maximum atomic E-state index is 10.4. The van der Waals surface area contributed by atoms with Gasteiger partial charge in [-0.15, -0.1) is 0 Å². The monoisotopic (exact) mass is 198 g/mol. The van der Waals surface area contributed by atoms with Crippen LogP contribution >= 0.6 is 0 Å². The Hall–Kier alpha value is -1.29. The molecular formula is C10H14O4. The van der Waals surface area contributed by atoms with Gasteiger partial charge >= 0.3 is 5.97 Å². The molecule has 0 aliphatic carbocycles. The number of aryl methyl sites for hydroxylation is 1. The first-order valence-electron chi connectivity index (χ1n) is 4.54. The Kier molecular flexibility index (Phi) is 3.71. The van der Waals surface area contributed by atoms with Crippen LogP contribution in [0.25, 0.3) is 0 Å². The Morgan fingerprint density at radius 1 is 1.64 bits per heavy atom. The topological polar surface area (TPSA) is 70.7 Å². The Balaban J connectivity index is 2.58. The van der Waals surface area contributed by atoms with Crippen LogP contribution in [-0.4, -0.2) is 22.3 Å². The molecule has 1 aromatic heterocycles. The molecule has 4 nitrogen and oxygen atoms in total. The number of carbonyl (C=O) groups is 1. The minimum absolute atomic E-state index is 0.0951. The number of rotatable bonds is 5. The first-order valence-corrected chi connectivity index (χ1v) is 4.54. The fourth-order valence-corrected chi connectivity index (χ4v) is 1.25. The Bertz CT molecular complexity index is 301. The van der Waals surface area contributed by atoms with E-state index < -0.39 is 5.97 Å². The van der Waals surface area contributed by atoms with Gasteiger partial charge in [0.1, 0.15) is 12.2 Å². The van der Waals surface area contributed by atoms with E-state index in [1.807, 2.05) is 0 Å². The number of aliphatic hydroxyl groups excluding tert-OH is 1. The molecule has 0 spiro atoms. The van der Waals surface area contributed by atoms with Gasteiger partial charge in [0.05, 0.1) is 12.4 Å². The van der Waals surface area contributed by atoms with Crippen molar-refractivity contribution < 1.29 is 19.4 Å². The van der Waals surface area contributed by atoms with E-state index in [1.165, 1.54) is 6.26 Å². The third-order valence-electron chi connectivity index (χ3n) is 1.98. The molecule has 78 valence electrons. The maximum Gasteiger partial charge on any atom is 0.311 e. The van der Waals surface area contributed by atoms with Gasteiger partial charge in [-0.1, -0.05) is 0 Å². The van der Waals surface area contributed by atoms with Crippen LogP contribution in [0.3, 0.4) is 0 Å². The fourth-order valence-electron chi connectivity index (χ4n) is 1.25. The van der Waals surface area contributed by atoms with Crippen molar-refractivity contribution in [1.82, 2.24) is 0 Å². The summed E-state index contributed by atoms with van der Waals surface area (Å²) in [5, 5.41) is 17.7. The first kappa shape index (κ1) is 10.8. The summed E-state index contributed by atoms with van der Waals surface area (Å²) in [7, 11) is 0. The van der Waals surface area contributed by atoms with Gasteiger partial charge in [0.2, 0.25) is 0 Å². The summed E-state index contributed by atoms with van der Waals surface area (Å²) in [6.45, 7) is 1.71. The van der Waals surface area contributed by atoms with Crippen LogP contribution in [0.5, 0.6) is 0 Å². The highest BCUT2D eigenvalue weighted by Gasteiger charge is 2.10. The van der Waals surface area contributed by atoms with Crippen LogP contribution in [0.4, 0.5) is 0 Å². The molecule has 0 saturated heterocycles. The van der Waals surface area contributed by atoms with Gasteiger partial charge in [0.15, 0.2) is 0 Å². The van der Waals surface area contributed by atoms with Crippen LogP contribution in [-0.2, 0) is 17.6 Å². The average Bonchev–Trinajstić information content (AvgIpc) is 2.47. The van der Waals surface area contributed by atoms with Crippen LogP contribution in [0.1, 0.15) is 24.7 Å².